The second-order valence-corrected chi connectivity index (χ2v) is 6.81. The van der Waals surface area contributed by atoms with Gasteiger partial charge >= 0.3 is 0 Å². The summed E-state index contributed by atoms with van der Waals surface area (Å²) in [7, 11) is 1.74. The first kappa shape index (κ1) is 21.6. The number of rotatable bonds is 9. The van der Waals surface area contributed by atoms with Crippen LogP contribution in [0.4, 0.5) is 17.1 Å². The number of hydrogen-bond acceptors (Lipinski definition) is 4. The van der Waals surface area contributed by atoms with Crippen LogP contribution < -0.4 is 20.3 Å². The van der Waals surface area contributed by atoms with Crippen molar-refractivity contribution in [2.75, 3.05) is 35.7 Å². The van der Waals surface area contributed by atoms with Gasteiger partial charge in [-0.3, -0.25) is 9.59 Å². The number of ether oxygens (including phenoxy) is 1. The van der Waals surface area contributed by atoms with Crippen molar-refractivity contribution in [3.05, 3.63) is 97.1 Å². The van der Waals surface area contributed by atoms with Crippen LogP contribution in [-0.4, -0.2) is 32.0 Å². The lowest BCUT2D eigenvalue weighted by atomic mass is 10.1. The van der Waals surface area contributed by atoms with Gasteiger partial charge in [-0.25, -0.2) is 0 Å². The molecule has 0 aliphatic rings. The minimum Gasteiger partial charge on any atom is -0.490 e. The predicted molar refractivity (Wildman–Crippen MR) is 125 cm³/mol. The van der Waals surface area contributed by atoms with Gasteiger partial charge < -0.3 is 20.3 Å². The molecule has 0 fully saturated rings. The van der Waals surface area contributed by atoms with Crippen LogP contribution in [0.1, 0.15) is 10.4 Å². The number of benzene rings is 3. The fourth-order valence-electron chi connectivity index (χ4n) is 2.90. The lowest BCUT2D eigenvalue weighted by molar-refractivity contribution is -0.114. The Hall–Kier alpha value is -4.06. The molecule has 0 heterocycles. The summed E-state index contributed by atoms with van der Waals surface area (Å²) in [5.74, 6) is 0.383. The molecule has 3 aromatic carbocycles. The quantitative estimate of drug-likeness (QED) is 0.502. The van der Waals surface area contributed by atoms with Gasteiger partial charge in [0.15, 0.2) is 0 Å². The molecule has 3 rings (SSSR count). The first-order chi connectivity index (χ1) is 15.1. The average molecular weight is 415 g/mol. The zero-order valence-electron chi connectivity index (χ0n) is 17.4. The van der Waals surface area contributed by atoms with E-state index in [1.165, 1.54) is 0 Å². The third-order valence-electron chi connectivity index (χ3n) is 4.52. The minimum absolute atomic E-state index is 0.0703. The molecule has 0 unspecified atom stereocenters. The lowest BCUT2D eigenvalue weighted by Gasteiger charge is -2.18. The maximum absolute atomic E-state index is 12.8. The number of anilines is 3. The topological polar surface area (TPSA) is 70.7 Å². The Morgan fingerprint density at radius 1 is 0.968 bits per heavy atom. The zero-order valence-corrected chi connectivity index (χ0v) is 17.4. The largest absolute Gasteiger partial charge is 0.490 e. The molecular weight excluding hydrogens is 390 g/mol. The fourth-order valence-corrected chi connectivity index (χ4v) is 2.90. The summed E-state index contributed by atoms with van der Waals surface area (Å²) in [5.41, 5.74) is 2.71. The van der Waals surface area contributed by atoms with Crippen molar-refractivity contribution in [1.82, 2.24) is 0 Å². The first-order valence-electron chi connectivity index (χ1n) is 9.87. The molecule has 0 saturated carbocycles. The molecule has 158 valence electrons. The molecule has 0 aliphatic heterocycles. The Morgan fingerprint density at radius 3 is 2.42 bits per heavy atom. The van der Waals surface area contributed by atoms with Crippen LogP contribution >= 0.6 is 0 Å². The van der Waals surface area contributed by atoms with Gasteiger partial charge in [-0.05, 0) is 54.6 Å². The molecule has 2 amide bonds. The molecule has 31 heavy (non-hydrogen) atoms. The SMILES string of the molecule is C=CCOc1ccc(NC(=O)CNc2cccc(C(=O)N(C)c3ccccc3)c2)cc1. The van der Waals surface area contributed by atoms with E-state index in [9.17, 15) is 9.59 Å². The fraction of sp³-hybridized carbons (Fsp3) is 0.120. The van der Waals surface area contributed by atoms with E-state index < -0.39 is 0 Å². The van der Waals surface area contributed by atoms with Crippen molar-refractivity contribution < 1.29 is 14.3 Å². The standard InChI is InChI=1S/C25H25N3O3/c1-3-16-31-23-14-12-20(13-15-23)27-24(29)18-26-21-9-7-8-19(17-21)25(30)28(2)22-10-5-4-6-11-22/h3-15,17,26H,1,16,18H2,2H3,(H,27,29). The molecule has 2 N–H and O–H groups in total. The number of carbonyl (C=O) groups excluding carboxylic acids is 2. The highest BCUT2D eigenvalue weighted by Crippen LogP contribution is 2.18. The number of amides is 2. The van der Waals surface area contributed by atoms with E-state index in [-0.39, 0.29) is 18.4 Å². The average Bonchev–Trinajstić information content (AvgIpc) is 2.82. The Bertz CT molecular complexity index is 1030. The van der Waals surface area contributed by atoms with E-state index in [1.54, 1.807) is 60.5 Å². The molecule has 0 spiro atoms. The highest BCUT2D eigenvalue weighted by atomic mass is 16.5. The van der Waals surface area contributed by atoms with E-state index in [4.69, 9.17) is 4.74 Å². The van der Waals surface area contributed by atoms with Gasteiger partial charge in [0, 0.05) is 29.7 Å². The number of para-hydroxylation sites is 1. The maximum Gasteiger partial charge on any atom is 0.258 e. The second kappa shape index (κ2) is 10.6. The minimum atomic E-state index is -0.196. The molecule has 0 bridgehead atoms. The van der Waals surface area contributed by atoms with Crippen molar-refractivity contribution in [1.29, 1.82) is 0 Å². The van der Waals surface area contributed by atoms with Crippen molar-refractivity contribution in [3.8, 4) is 5.75 Å². The summed E-state index contributed by atoms with van der Waals surface area (Å²) in [4.78, 5) is 26.6. The summed E-state index contributed by atoms with van der Waals surface area (Å²) in [6.45, 7) is 4.10. The first-order valence-corrected chi connectivity index (χ1v) is 9.87. The maximum atomic E-state index is 12.8. The molecular formula is C25H25N3O3. The Labute approximate surface area is 182 Å². The van der Waals surface area contributed by atoms with Crippen LogP contribution in [-0.2, 0) is 4.79 Å². The van der Waals surface area contributed by atoms with Crippen LogP contribution in [0.5, 0.6) is 5.75 Å². The summed E-state index contributed by atoms with van der Waals surface area (Å²) >= 11 is 0. The van der Waals surface area contributed by atoms with Gasteiger partial charge in [-0.1, -0.05) is 36.9 Å². The molecule has 0 atom stereocenters. The third kappa shape index (κ3) is 6.21. The molecule has 0 aliphatic carbocycles. The monoisotopic (exact) mass is 415 g/mol. The summed E-state index contributed by atoms with van der Waals surface area (Å²) in [6, 6.07) is 23.6. The van der Waals surface area contributed by atoms with Gasteiger partial charge in [0.25, 0.3) is 5.91 Å². The Balaban J connectivity index is 1.55. The van der Waals surface area contributed by atoms with Crippen molar-refractivity contribution >= 4 is 28.9 Å². The molecule has 0 saturated heterocycles. The summed E-state index contributed by atoms with van der Waals surface area (Å²) in [6.07, 6.45) is 1.67. The van der Waals surface area contributed by atoms with Gasteiger partial charge in [0.1, 0.15) is 12.4 Å². The van der Waals surface area contributed by atoms with Crippen molar-refractivity contribution in [2.24, 2.45) is 0 Å². The van der Waals surface area contributed by atoms with Crippen LogP contribution in [0.25, 0.3) is 0 Å². The van der Waals surface area contributed by atoms with E-state index in [2.05, 4.69) is 17.2 Å². The number of nitrogens with one attached hydrogen (secondary N) is 2. The lowest BCUT2D eigenvalue weighted by Crippen LogP contribution is -2.26. The van der Waals surface area contributed by atoms with Crippen LogP contribution in [0.3, 0.4) is 0 Å². The van der Waals surface area contributed by atoms with Crippen LogP contribution in [0.15, 0.2) is 91.5 Å². The highest BCUT2D eigenvalue weighted by Gasteiger charge is 2.13. The predicted octanol–water partition coefficient (Wildman–Crippen LogP) is 4.58. The van der Waals surface area contributed by atoms with Gasteiger partial charge in [0.05, 0.1) is 6.54 Å². The van der Waals surface area contributed by atoms with E-state index >= 15 is 0 Å². The molecule has 6 heteroatoms. The molecule has 6 nitrogen and oxygen atoms in total. The van der Waals surface area contributed by atoms with Gasteiger partial charge in [0.2, 0.25) is 5.91 Å². The third-order valence-corrected chi connectivity index (χ3v) is 4.52. The number of carbonyl (C=O) groups is 2. The smallest absolute Gasteiger partial charge is 0.258 e. The molecule has 0 aromatic heterocycles. The zero-order chi connectivity index (χ0) is 22.1. The van der Waals surface area contributed by atoms with Gasteiger partial charge in [-0.2, -0.15) is 0 Å². The van der Waals surface area contributed by atoms with E-state index in [0.717, 1.165) is 5.69 Å². The van der Waals surface area contributed by atoms with Gasteiger partial charge in [-0.15, -0.1) is 0 Å². The van der Waals surface area contributed by atoms with E-state index in [1.807, 2.05) is 36.4 Å². The normalized spacial score (nSPS) is 10.1. The number of hydrogen-bond donors (Lipinski definition) is 2. The molecule has 0 radical (unpaired) electrons. The van der Waals surface area contributed by atoms with Crippen molar-refractivity contribution in [2.45, 2.75) is 0 Å². The Morgan fingerprint density at radius 2 is 1.71 bits per heavy atom. The van der Waals surface area contributed by atoms with E-state index in [0.29, 0.717) is 29.3 Å². The highest BCUT2D eigenvalue weighted by molar-refractivity contribution is 6.06. The van der Waals surface area contributed by atoms with Crippen molar-refractivity contribution in [3.63, 3.8) is 0 Å². The summed E-state index contributed by atoms with van der Waals surface area (Å²) in [5, 5.41) is 5.88. The number of nitrogens with zero attached hydrogens (tertiary/aromatic N) is 1. The van der Waals surface area contributed by atoms with Crippen LogP contribution in [0.2, 0.25) is 0 Å². The van der Waals surface area contributed by atoms with Crippen LogP contribution in [0, 0.1) is 0 Å². The molecule has 3 aromatic rings. The Kier molecular flexibility index (Phi) is 7.43. The second-order valence-electron chi connectivity index (χ2n) is 6.81. The summed E-state index contributed by atoms with van der Waals surface area (Å²) < 4.78 is 5.42.